The van der Waals surface area contributed by atoms with Crippen LogP contribution in [0, 0.1) is 0 Å². The van der Waals surface area contributed by atoms with Crippen LogP contribution in [0.15, 0.2) is 16.8 Å². The molecule has 6 heteroatoms. The molecule has 2 atom stereocenters. The molecule has 1 aliphatic rings. The van der Waals surface area contributed by atoms with Crippen molar-refractivity contribution in [1.29, 1.82) is 0 Å². The van der Waals surface area contributed by atoms with Crippen LogP contribution in [0.4, 0.5) is 11.4 Å². The molecule has 1 saturated carbocycles. The Morgan fingerprint density at radius 2 is 2.17 bits per heavy atom. The number of nitrogens with two attached hydrogens (primary N) is 1. The Kier molecular flexibility index (Phi) is 2.79. The molecule has 1 aromatic heterocycles. The molecule has 2 aromatic rings. The van der Waals surface area contributed by atoms with E-state index in [0.29, 0.717) is 28.9 Å². The van der Waals surface area contributed by atoms with E-state index in [4.69, 9.17) is 15.1 Å². The van der Waals surface area contributed by atoms with Gasteiger partial charge in [0, 0.05) is 13.2 Å². The Balaban J connectivity index is 1.83. The summed E-state index contributed by atoms with van der Waals surface area (Å²) in [6, 6.07) is 4.14. The summed E-state index contributed by atoms with van der Waals surface area (Å²) >= 11 is 0. The predicted octanol–water partition coefficient (Wildman–Crippen LogP) is 1.78. The number of hydrogen-bond donors (Lipinski definition) is 2. The second-order valence-electron chi connectivity index (χ2n) is 4.68. The minimum atomic E-state index is 0.349. The van der Waals surface area contributed by atoms with Crippen molar-refractivity contribution in [2.24, 2.45) is 0 Å². The fourth-order valence-electron chi connectivity index (χ4n) is 2.51. The van der Waals surface area contributed by atoms with Gasteiger partial charge in [0.2, 0.25) is 0 Å². The Morgan fingerprint density at radius 3 is 2.94 bits per heavy atom. The fraction of sp³-hybridized carbons (Fsp3) is 0.500. The normalized spacial score (nSPS) is 23.6. The number of rotatable bonds is 3. The first-order chi connectivity index (χ1) is 8.78. The standard InChI is InChI=1S/C12H16N4O2/c1-17-8-3-2-7(6-8)14-10-5-4-9(13)11-12(10)16-18-15-11/h4-5,7-8,14H,2-3,6,13H2,1H3. The van der Waals surface area contributed by atoms with Gasteiger partial charge < -0.3 is 15.8 Å². The number of anilines is 2. The van der Waals surface area contributed by atoms with Gasteiger partial charge in [0.25, 0.3) is 0 Å². The summed E-state index contributed by atoms with van der Waals surface area (Å²) in [5.41, 5.74) is 8.61. The predicted molar refractivity (Wildman–Crippen MR) is 68.3 cm³/mol. The maximum absolute atomic E-state index is 5.81. The zero-order valence-corrected chi connectivity index (χ0v) is 10.2. The quantitative estimate of drug-likeness (QED) is 0.805. The summed E-state index contributed by atoms with van der Waals surface area (Å²) in [6.45, 7) is 0. The molecule has 3 N–H and O–H groups in total. The van der Waals surface area contributed by atoms with Crippen molar-refractivity contribution < 1.29 is 9.37 Å². The van der Waals surface area contributed by atoms with Crippen molar-refractivity contribution in [3.05, 3.63) is 12.1 Å². The van der Waals surface area contributed by atoms with Gasteiger partial charge in [-0.1, -0.05) is 0 Å². The monoisotopic (exact) mass is 248 g/mol. The molecule has 0 bridgehead atoms. The molecular formula is C12H16N4O2. The van der Waals surface area contributed by atoms with Crippen LogP contribution in [-0.2, 0) is 4.74 Å². The number of benzene rings is 1. The average molecular weight is 248 g/mol. The van der Waals surface area contributed by atoms with Crippen LogP contribution in [0.2, 0.25) is 0 Å². The van der Waals surface area contributed by atoms with Gasteiger partial charge in [-0.25, -0.2) is 4.63 Å². The Labute approximate surface area is 104 Å². The number of nitrogens with one attached hydrogen (secondary N) is 1. The summed E-state index contributed by atoms with van der Waals surface area (Å²) < 4.78 is 10.1. The minimum absolute atomic E-state index is 0.349. The molecule has 0 aliphatic heterocycles. The first kappa shape index (κ1) is 11.3. The van der Waals surface area contributed by atoms with Crippen LogP contribution in [-0.4, -0.2) is 29.6 Å². The van der Waals surface area contributed by atoms with E-state index in [-0.39, 0.29) is 0 Å². The van der Waals surface area contributed by atoms with Crippen molar-refractivity contribution in [3.8, 4) is 0 Å². The van der Waals surface area contributed by atoms with Crippen LogP contribution >= 0.6 is 0 Å². The molecule has 18 heavy (non-hydrogen) atoms. The van der Waals surface area contributed by atoms with Gasteiger partial charge in [-0.2, -0.15) is 0 Å². The molecule has 0 radical (unpaired) electrons. The van der Waals surface area contributed by atoms with Gasteiger partial charge in [-0.3, -0.25) is 0 Å². The van der Waals surface area contributed by atoms with Gasteiger partial charge in [0.1, 0.15) is 0 Å². The molecule has 1 aliphatic carbocycles. The third kappa shape index (κ3) is 1.88. The minimum Gasteiger partial charge on any atom is -0.397 e. The number of methoxy groups -OCH3 is 1. The Hall–Kier alpha value is -1.82. The summed E-state index contributed by atoms with van der Waals surface area (Å²) in [7, 11) is 1.76. The molecule has 0 spiro atoms. The lowest BCUT2D eigenvalue weighted by Crippen LogP contribution is -2.17. The molecule has 2 unspecified atom stereocenters. The van der Waals surface area contributed by atoms with E-state index in [9.17, 15) is 0 Å². The van der Waals surface area contributed by atoms with Gasteiger partial charge in [0.05, 0.1) is 17.5 Å². The van der Waals surface area contributed by atoms with Gasteiger partial charge in [-0.05, 0) is 41.7 Å². The Morgan fingerprint density at radius 1 is 1.33 bits per heavy atom. The summed E-state index contributed by atoms with van der Waals surface area (Å²) in [6.07, 6.45) is 3.54. The van der Waals surface area contributed by atoms with Crippen LogP contribution < -0.4 is 11.1 Å². The highest BCUT2D eigenvalue weighted by Crippen LogP contribution is 2.29. The van der Waals surface area contributed by atoms with Crippen molar-refractivity contribution in [3.63, 3.8) is 0 Å². The molecule has 3 rings (SSSR count). The van der Waals surface area contributed by atoms with E-state index in [0.717, 1.165) is 24.9 Å². The lowest BCUT2D eigenvalue weighted by Gasteiger charge is -2.14. The molecule has 1 fully saturated rings. The van der Waals surface area contributed by atoms with Crippen molar-refractivity contribution in [2.45, 2.75) is 31.4 Å². The number of ether oxygens (including phenoxy) is 1. The molecule has 0 amide bonds. The van der Waals surface area contributed by atoms with Crippen LogP contribution in [0.1, 0.15) is 19.3 Å². The molecule has 6 nitrogen and oxygen atoms in total. The fourth-order valence-corrected chi connectivity index (χ4v) is 2.51. The molecule has 1 heterocycles. The molecule has 1 aromatic carbocycles. The van der Waals surface area contributed by atoms with E-state index in [1.54, 1.807) is 7.11 Å². The number of fused-ring (bicyclic) bond motifs is 1. The van der Waals surface area contributed by atoms with E-state index in [2.05, 4.69) is 15.6 Å². The number of nitrogen functional groups attached to an aromatic ring is 1. The van der Waals surface area contributed by atoms with Crippen LogP contribution in [0.3, 0.4) is 0 Å². The lowest BCUT2D eigenvalue weighted by molar-refractivity contribution is 0.108. The second-order valence-corrected chi connectivity index (χ2v) is 4.68. The number of aromatic nitrogens is 2. The van der Waals surface area contributed by atoms with Crippen molar-refractivity contribution >= 4 is 22.4 Å². The third-order valence-electron chi connectivity index (χ3n) is 3.52. The lowest BCUT2D eigenvalue weighted by atomic mass is 10.2. The van der Waals surface area contributed by atoms with E-state index >= 15 is 0 Å². The van der Waals surface area contributed by atoms with E-state index < -0.39 is 0 Å². The zero-order chi connectivity index (χ0) is 12.5. The Bertz CT molecular complexity index is 554. The van der Waals surface area contributed by atoms with Crippen LogP contribution in [0.25, 0.3) is 11.0 Å². The average Bonchev–Trinajstić information content (AvgIpc) is 3.01. The highest BCUT2D eigenvalue weighted by molar-refractivity contribution is 5.95. The van der Waals surface area contributed by atoms with Gasteiger partial charge >= 0.3 is 0 Å². The molecule has 0 saturated heterocycles. The maximum Gasteiger partial charge on any atom is 0.160 e. The zero-order valence-electron chi connectivity index (χ0n) is 10.2. The SMILES string of the molecule is COC1CCC(Nc2ccc(N)c3nonc23)C1. The highest BCUT2D eigenvalue weighted by atomic mass is 16.6. The summed E-state index contributed by atoms with van der Waals surface area (Å²) in [5.74, 6) is 0. The summed E-state index contributed by atoms with van der Waals surface area (Å²) in [5, 5.41) is 11.2. The van der Waals surface area contributed by atoms with Crippen molar-refractivity contribution in [1.82, 2.24) is 10.3 Å². The van der Waals surface area contributed by atoms with Gasteiger partial charge in [0.15, 0.2) is 11.0 Å². The third-order valence-corrected chi connectivity index (χ3v) is 3.52. The molecule has 96 valence electrons. The number of hydrogen-bond acceptors (Lipinski definition) is 6. The first-order valence-electron chi connectivity index (χ1n) is 6.08. The van der Waals surface area contributed by atoms with Crippen LogP contribution in [0.5, 0.6) is 0 Å². The largest absolute Gasteiger partial charge is 0.397 e. The van der Waals surface area contributed by atoms with Crippen molar-refractivity contribution in [2.75, 3.05) is 18.2 Å². The summed E-state index contributed by atoms with van der Waals surface area (Å²) in [4.78, 5) is 0. The first-order valence-corrected chi connectivity index (χ1v) is 6.08. The van der Waals surface area contributed by atoms with E-state index in [1.807, 2.05) is 12.1 Å². The topological polar surface area (TPSA) is 86.2 Å². The number of nitrogens with zero attached hydrogens (tertiary/aromatic N) is 2. The molecular weight excluding hydrogens is 232 g/mol. The van der Waals surface area contributed by atoms with E-state index in [1.165, 1.54) is 0 Å². The van der Waals surface area contributed by atoms with Gasteiger partial charge in [-0.15, -0.1) is 0 Å². The second kappa shape index (κ2) is 4.45. The maximum atomic E-state index is 5.81. The highest BCUT2D eigenvalue weighted by Gasteiger charge is 2.25. The smallest absolute Gasteiger partial charge is 0.160 e.